The molecule has 0 aliphatic rings. The number of nitrogen functional groups attached to an aromatic ring is 1. The quantitative estimate of drug-likeness (QED) is 0.780. The predicted octanol–water partition coefficient (Wildman–Crippen LogP) is 2.68. The molecule has 1 heterocycles. The van der Waals surface area contributed by atoms with Gasteiger partial charge in [-0.05, 0) is 29.8 Å². The van der Waals surface area contributed by atoms with Gasteiger partial charge in [-0.2, -0.15) is 5.10 Å². The summed E-state index contributed by atoms with van der Waals surface area (Å²) in [4.78, 5) is 0. The van der Waals surface area contributed by atoms with Gasteiger partial charge in [-0.1, -0.05) is 24.3 Å². The van der Waals surface area contributed by atoms with Crippen molar-refractivity contribution in [2.75, 3.05) is 12.8 Å². The Labute approximate surface area is 111 Å². The first-order valence-corrected chi connectivity index (χ1v) is 6.12. The van der Waals surface area contributed by atoms with Gasteiger partial charge in [-0.25, -0.2) is 0 Å². The molecule has 0 saturated heterocycles. The average molecular weight is 253 g/mol. The molecule has 0 saturated carbocycles. The lowest BCUT2D eigenvalue weighted by Gasteiger charge is -2.05. The van der Waals surface area contributed by atoms with E-state index >= 15 is 0 Å². The van der Waals surface area contributed by atoms with Crippen molar-refractivity contribution in [3.8, 4) is 5.75 Å². The van der Waals surface area contributed by atoms with E-state index in [9.17, 15) is 0 Å². The third-order valence-electron chi connectivity index (χ3n) is 3.15. The normalized spacial score (nSPS) is 10.8. The summed E-state index contributed by atoms with van der Waals surface area (Å²) in [6.07, 6.45) is 0. The minimum atomic E-state index is 0.568. The van der Waals surface area contributed by atoms with Gasteiger partial charge in [-0.15, -0.1) is 0 Å². The number of anilines is 1. The number of methoxy groups -OCH3 is 1. The molecule has 0 bridgehead atoms. The van der Waals surface area contributed by atoms with E-state index in [1.807, 2.05) is 47.1 Å². The highest BCUT2D eigenvalue weighted by atomic mass is 16.5. The Bertz CT molecular complexity index is 718. The number of fused-ring (bicyclic) bond motifs is 1. The molecule has 0 radical (unpaired) electrons. The Morgan fingerprint density at radius 2 is 2.00 bits per heavy atom. The standard InChI is InChI=1S/C15H15N3O/c1-19-12-6-4-5-11(9-12)10-18-14-8-3-2-7-13(14)15(16)17-18/h2-9H,10H2,1H3,(H2,16,17). The van der Waals surface area contributed by atoms with Gasteiger partial charge < -0.3 is 10.5 Å². The van der Waals surface area contributed by atoms with Gasteiger partial charge in [0.25, 0.3) is 0 Å². The number of aromatic nitrogens is 2. The molecule has 0 spiro atoms. The summed E-state index contributed by atoms with van der Waals surface area (Å²) in [5.41, 5.74) is 8.11. The molecule has 0 aliphatic carbocycles. The van der Waals surface area contributed by atoms with Crippen LogP contribution in [0, 0.1) is 0 Å². The molecule has 0 amide bonds. The van der Waals surface area contributed by atoms with Crippen molar-refractivity contribution in [1.29, 1.82) is 0 Å². The van der Waals surface area contributed by atoms with E-state index in [4.69, 9.17) is 10.5 Å². The van der Waals surface area contributed by atoms with Crippen molar-refractivity contribution in [2.24, 2.45) is 0 Å². The van der Waals surface area contributed by atoms with E-state index < -0.39 is 0 Å². The first-order valence-electron chi connectivity index (χ1n) is 6.12. The first-order chi connectivity index (χ1) is 9.28. The van der Waals surface area contributed by atoms with Crippen molar-refractivity contribution in [3.05, 3.63) is 54.1 Å². The summed E-state index contributed by atoms with van der Waals surface area (Å²) < 4.78 is 7.15. The molecule has 3 aromatic rings. The predicted molar refractivity (Wildman–Crippen MR) is 76.2 cm³/mol. The fourth-order valence-corrected chi connectivity index (χ4v) is 2.22. The Balaban J connectivity index is 2.01. The lowest BCUT2D eigenvalue weighted by atomic mass is 10.2. The Morgan fingerprint density at radius 3 is 2.84 bits per heavy atom. The van der Waals surface area contributed by atoms with E-state index in [0.29, 0.717) is 12.4 Å². The monoisotopic (exact) mass is 253 g/mol. The van der Waals surface area contributed by atoms with Crippen LogP contribution in [0.2, 0.25) is 0 Å². The van der Waals surface area contributed by atoms with Gasteiger partial charge >= 0.3 is 0 Å². The van der Waals surface area contributed by atoms with Gasteiger partial charge in [0, 0.05) is 5.39 Å². The van der Waals surface area contributed by atoms with Crippen LogP contribution in [0.1, 0.15) is 5.56 Å². The molecule has 2 aromatic carbocycles. The Hall–Kier alpha value is -2.49. The number of benzene rings is 2. The highest BCUT2D eigenvalue weighted by Gasteiger charge is 2.07. The molecule has 4 heteroatoms. The SMILES string of the molecule is COc1cccc(Cn2nc(N)c3ccccc32)c1. The molecule has 1 aromatic heterocycles. The molecular weight excluding hydrogens is 238 g/mol. The van der Waals surface area contributed by atoms with Crippen LogP contribution in [0.25, 0.3) is 10.9 Å². The zero-order valence-electron chi connectivity index (χ0n) is 10.7. The summed E-state index contributed by atoms with van der Waals surface area (Å²) in [5, 5.41) is 5.39. The van der Waals surface area contributed by atoms with Crippen LogP contribution in [0.15, 0.2) is 48.5 Å². The third-order valence-corrected chi connectivity index (χ3v) is 3.15. The van der Waals surface area contributed by atoms with E-state index in [1.165, 1.54) is 0 Å². The second-order valence-electron chi connectivity index (χ2n) is 4.41. The van der Waals surface area contributed by atoms with Crippen molar-refractivity contribution < 1.29 is 4.74 Å². The van der Waals surface area contributed by atoms with E-state index in [2.05, 4.69) is 11.2 Å². The van der Waals surface area contributed by atoms with Gasteiger partial charge in [-0.3, -0.25) is 4.68 Å². The highest BCUT2D eigenvalue weighted by molar-refractivity contribution is 5.89. The van der Waals surface area contributed by atoms with Crippen molar-refractivity contribution >= 4 is 16.7 Å². The molecule has 0 aliphatic heterocycles. The van der Waals surface area contributed by atoms with Gasteiger partial charge in [0.15, 0.2) is 5.82 Å². The highest BCUT2D eigenvalue weighted by Crippen LogP contribution is 2.21. The first kappa shape index (κ1) is 11.6. The number of nitrogens with two attached hydrogens (primary N) is 1. The topological polar surface area (TPSA) is 53.1 Å². The largest absolute Gasteiger partial charge is 0.497 e. The number of hydrogen-bond donors (Lipinski definition) is 1. The number of ether oxygens (including phenoxy) is 1. The molecule has 0 fully saturated rings. The van der Waals surface area contributed by atoms with Gasteiger partial charge in [0.2, 0.25) is 0 Å². The van der Waals surface area contributed by atoms with Crippen molar-refractivity contribution in [1.82, 2.24) is 9.78 Å². The molecule has 19 heavy (non-hydrogen) atoms. The van der Waals surface area contributed by atoms with Crippen molar-refractivity contribution in [2.45, 2.75) is 6.54 Å². The molecule has 0 atom stereocenters. The maximum atomic E-state index is 5.93. The van der Waals surface area contributed by atoms with Crippen molar-refractivity contribution in [3.63, 3.8) is 0 Å². The molecule has 96 valence electrons. The van der Waals surface area contributed by atoms with E-state index in [0.717, 1.165) is 22.2 Å². The minimum Gasteiger partial charge on any atom is -0.497 e. The van der Waals surface area contributed by atoms with Crippen LogP contribution in [0.5, 0.6) is 5.75 Å². The average Bonchev–Trinajstić information content (AvgIpc) is 2.76. The van der Waals surface area contributed by atoms with E-state index in [1.54, 1.807) is 7.11 Å². The number of nitrogens with zero attached hydrogens (tertiary/aromatic N) is 2. The summed E-state index contributed by atoms with van der Waals surface area (Å²) in [7, 11) is 1.67. The van der Waals surface area contributed by atoms with Crippen LogP contribution in [0.3, 0.4) is 0 Å². The smallest absolute Gasteiger partial charge is 0.153 e. The molecule has 0 unspecified atom stereocenters. The summed E-state index contributed by atoms with van der Waals surface area (Å²) in [6, 6.07) is 15.9. The number of rotatable bonds is 3. The van der Waals surface area contributed by atoms with Gasteiger partial charge in [0.05, 0.1) is 19.2 Å². The number of para-hydroxylation sites is 1. The molecule has 2 N–H and O–H groups in total. The molecule has 3 rings (SSSR count). The lowest BCUT2D eigenvalue weighted by molar-refractivity contribution is 0.414. The maximum absolute atomic E-state index is 5.93. The van der Waals surface area contributed by atoms with Crippen LogP contribution < -0.4 is 10.5 Å². The maximum Gasteiger partial charge on any atom is 0.153 e. The molecular formula is C15H15N3O. The van der Waals surface area contributed by atoms with Crippen LogP contribution in [-0.4, -0.2) is 16.9 Å². The fraction of sp³-hybridized carbons (Fsp3) is 0.133. The Morgan fingerprint density at radius 1 is 1.16 bits per heavy atom. The zero-order valence-corrected chi connectivity index (χ0v) is 10.7. The van der Waals surface area contributed by atoms with Gasteiger partial charge in [0.1, 0.15) is 5.75 Å². The lowest BCUT2D eigenvalue weighted by Crippen LogP contribution is -2.02. The van der Waals surface area contributed by atoms with Crippen LogP contribution in [0.4, 0.5) is 5.82 Å². The number of hydrogen-bond acceptors (Lipinski definition) is 3. The summed E-state index contributed by atoms with van der Waals surface area (Å²) in [6.45, 7) is 0.676. The Kier molecular flexibility index (Phi) is 2.83. The molecule has 4 nitrogen and oxygen atoms in total. The second kappa shape index (κ2) is 4.65. The summed E-state index contributed by atoms with van der Waals surface area (Å²) in [5.74, 6) is 1.42. The van der Waals surface area contributed by atoms with Crippen LogP contribution in [-0.2, 0) is 6.54 Å². The fourth-order valence-electron chi connectivity index (χ4n) is 2.22. The summed E-state index contributed by atoms with van der Waals surface area (Å²) >= 11 is 0. The second-order valence-corrected chi connectivity index (χ2v) is 4.41. The zero-order chi connectivity index (χ0) is 13.2. The van der Waals surface area contributed by atoms with Crippen LogP contribution >= 0.6 is 0 Å². The van der Waals surface area contributed by atoms with E-state index in [-0.39, 0.29) is 0 Å². The third kappa shape index (κ3) is 2.12. The minimum absolute atomic E-state index is 0.568.